The van der Waals surface area contributed by atoms with E-state index in [2.05, 4.69) is 20.8 Å². The smallest absolute Gasteiger partial charge is 0.261 e. The fourth-order valence-electron chi connectivity index (χ4n) is 3.98. The summed E-state index contributed by atoms with van der Waals surface area (Å²) in [6.07, 6.45) is 5.48. The van der Waals surface area contributed by atoms with E-state index in [1.165, 1.54) is 25.0 Å². The third kappa shape index (κ3) is 4.72. The van der Waals surface area contributed by atoms with Crippen LogP contribution in [-0.4, -0.2) is 23.9 Å². The molecule has 2 N–H and O–H groups in total. The van der Waals surface area contributed by atoms with E-state index in [-0.39, 0.29) is 10.8 Å². The van der Waals surface area contributed by atoms with Crippen molar-refractivity contribution in [2.75, 3.05) is 10.0 Å². The lowest BCUT2D eigenvalue weighted by Gasteiger charge is -2.11. The first-order chi connectivity index (χ1) is 16.5. The van der Waals surface area contributed by atoms with Crippen LogP contribution in [0.4, 0.5) is 11.4 Å². The predicted octanol–water partition coefficient (Wildman–Crippen LogP) is 4.94. The number of nitrogens with one attached hydrogen (secondary N) is 2. The molecule has 0 saturated heterocycles. The van der Waals surface area contributed by atoms with E-state index in [0.717, 1.165) is 30.0 Å². The number of aryl methyl sites for hydroxylation is 2. The van der Waals surface area contributed by atoms with E-state index >= 15 is 0 Å². The van der Waals surface area contributed by atoms with Gasteiger partial charge in [-0.05, 0) is 61.4 Å². The number of carbonyl (C=O) groups excluding carboxylic acids is 1. The average molecular weight is 473 g/mol. The number of benzene rings is 3. The van der Waals surface area contributed by atoms with Gasteiger partial charge in [0.2, 0.25) is 0 Å². The van der Waals surface area contributed by atoms with Crippen LogP contribution in [0.3, 0.4) is 0 Å². The number of hydrogen-bond donors (Lipinski definition) is 2. The molecule has 0 fully saturated rings. The van der Waals surface area contributed by atoms with Gasteiger partial charge in [0.1, 0.15) is 5.82 Å². The molecule has 1 aromatic heterocycles. The third-order valence-corrected chi connectivity index (χ3v) is 7.20. The fourth-order valence-corrected chi connectivity index (χ4v) is 5.06. The Labute approximate surface area is 198 Å². The van der Waals surface area contributed by atoms with Crippen LogP contribution in [0.15, 0.2) is 90.0 Å². The monoisotopic (exact) mass is 472 g/mol. The van der Waals surface area contributed by atoms with Gasteiger partial charge >= 0.3 is 0 Å². The minimum Gasteiger partial charge on any atom is -0.334 e. The topological polar surface area (TPSA) is 93.1 Å². The Morgan fingerprint density at radius 2 is 1.56 bits per heavy atom. The molecule has 0 aliphatic carbocycles. The molecule has 7 nitrogen and oxygen atoms in total. The Hall–Kier alpha value is -3.91. The maximum absolute atomic E-state index is 12.7. The number of hydrogen-bond acceptors (Lipinski definition) is 4. The molecule has 172 valence electrons. The Balaban J connectivity index is 1.23. The van der Waals surface area contributed by atoms with E-state index in [0.29, 0.717) is 16.9 Å². The van der Waals surface area contributed by atoms with E-state index in [4.69, 9.17) is 4.98 Å². The Bertz CT molecular complexity index is 1390. The van der Waals surface area contributed by atoms with Gasteiger partial charge in [-0.2, -0.15) is 0 Å². The minimum atomic E-state index is -3.68. The van der Waals surface area contributed by atoms with E-state index in [9.17, 15) is 13.2 Å². The fraction of sp³-hybridized carbons (Fsp3) is 0.154. The number of amides is 1. The molecule has 2 heterocycles. The second-order valence-corrected chi connectivity index (χ2v) is 9.90. The van der Waals surface area contributed by atoms with Crippen molar-refractivity contribution in [3.05, 3.63) is 96.4 Å². The summed E-state index contributed by atoms with van der Waals surface area (Å²) in [6.45, 7) is 1.02. The second kappa shape index (κ2) is 9.15. The van der Waals surface area contributed by atoms with Crippen LogP contribution in [0.25, 0.3) is 11.3 Å². The first-order valence-corrected chi connectivity index (χ1v) is 12.6. The lowest BCUT2D eigenvalue weighted by Crippen LogP contribution is -2.14. The number of carbonyl (C=O) groups is 1. The molecule has 1 amide bonds. The molecule has 3 aromatic carbocycles. The molecule has 0 bridgehead atoms. The highest BCUT2D eigenvalue weighted by Crippen LogP contribution is 2.24. The minimum absolute atomic E-state index is 0.177. The summed E-state index contributed by atoms with van der Waals surface area (Å²) >= 11 is 0. The maximum atomic E-state index is 12.7. The number of fused-ring (bicyclic) bond motifs is 1. The van der Waals surface area contributed by atoms with E-state index in [1.54, 1.807) is 42.5 Å². The molecule has 34 heavy (non-hydrogen) atoms. The van der Waals surface area contributed by atoms with Crippen molar-refractivity contribution < 1.29 is 13.2 Å². The van der Waals surface area contributed by atoms with Crippen molar-refractivity contribution in [3.8, 4) is 11.3 Å². The van der Waals surface area contributed by atoms with Gasteiger partial charge in [0.05, 0.1) is 10.6 Å². The van der Waals surface area contributed by atoms with Gasteiger partial charge in [0, 0.05) is 41.7 Å². The molecule has 1 aliphatic heterocycles. The SMILES string of the molecule is O=C(Nc1ccc(-c2cn3c(n2)CCCC3)cc1)c1ccc(NS(=O)(=O)c2ccccc2)cc1. The molecule has 0 atom stereocenters. The van der Waals surface area contributed by atoms with Crippen LogP contribution in [0.1, 0.15) is 29.0 Å². The van der Waals surface area contributed by atoms with Gasteiger partial charge in [-0.25, -0.2) is 13.4 Å². The first-order valence-electron chi connectivity index (χ1n) is 11.1. The van der Waals surface area contributed by atoms with Crippen LogP contribution in [0.5, 0.6) is 0 Å². The number of nitrogens with zero attached hydrogens (tertiary/aromatic N) is 2. The maximum Gasteiger partial charge on any atom is 0.261 e. The van der Waals surface area contributed by atoms with Gasteiger partial charge in [0.25, 0.3) is 15.9 Å². The highest BCUT2D eigenvalue weighted by Gasteiger charge is 2.15. The average Bonchev–Trinajstić information content (AvgIpc) is 3.30. The zero-order chi connectivity index (χ0) is 23.5. The molecular formula is C26H24N4O3S. The molecule has 4 aromatic rings. The van der Waals surface area contributed by atoms with Crippen LogP contribution >= 0.6 is 0 Å². The van der Waals surface area contributed by atoms with Crippen molar-refractivity contribution in [3.63, 3.8) is 0 Å². The van der Waals surface area contributed by atoms with Crippen LogP contribution in [0.2, 0.25) is 0 Å². The van der Waals surface area contributed by atoms with Gasteiger partial charge < -0.3 is 9.88 Å². The zero-order valence-electron chi connectivity index (χ0n) is 18.4. The molecule has 0 spiro atoms. The number of anilines is 2. The summed E-state index contributed by atoms with van der Waals surface area (Å²) in [5.41, 5.74) is 3.44. The van der Waals surface area contributed by atoms with Crippen molar-refractivity contribution in [2.24, 2.45) is 0 Å². The number of imidazole rings is 1. The van der Waals surface area contributed by atoms with Crippen LogP contribution in [0, 0.1) is 0 Å². The summed E-state index contributed by atoms with van der Waals surface area (Å²) in [4.78, 5) is 17.6. The quantitative estimate of drug-likeness (QED) is 0.416. The van der Waals surface area contributed by atoms with Gasteiger partial charge in [-0.15, -0.1) is 0 Å². The van der Waals surface area contributed by atoms with Crippen molar-refractivity contribution in [2.45, 2.75) is 30.7 Å². The van der Waals surface area contributed by atoms with E-state index in [1.807, 2.05) is 24.3 Å². The molecule has 1 aliphatic rings. The van der Waals surface area contributed by atoms with Crippen LogP contribution < -0.4 is 10.0 Å². The van der Waals surface area contributed by atoms with Crippen molar-refractivity contribution in [1.82, 2.24) is 9.55 Å². The second-order valence-electron chi connectivity index (χ2n) is 8.22. The van der Waals surface area contributed by atoms with Gasteiger partial charge in [-0.3, -0.25) is 9.52 Å². The highest BCUT2D eigenvalue weighted by atomic mass is 32.2. The number of rotatable bonds is 6. The summed E-state index contributed by atoms with van der Waals surface area (Å²) in [5.74, 6) is 0.857. The normalized spacial score (nSPS) is 13.2. The molecule has 8 heteroatoms. The Morgan fingerprint density at radius 3 is 2.26 bits per heavy atom. The lowest BCUT2D eigenvalue weighted by molar-refractivity contribution is 0.102. The number of sulfonamides is 1. The molecule has 5 rings (SSSR count). The van der Waals surface area contributed by atoms with Crippen molar-refractivity contribution >= 4 is 27.3 Å². The molecule has 0 unspecified atom stereocenters. The Kier molecular flexibility index (Phi) is 5.90. The van der Waals surface area contributed by atoms with Gasteiger partial charge in [0.15, 0.2) is 0 Å². The molecule has 0 saturated carbocycles. The largest absolute Gasteiger partial charge is 0.334 e. The number of aromatic nitrogens is 2. The highest BCUT2D eigenvalue weighted by molar-refractivity contribution is 7.92. The lowest BCUT2D eigenvalue weighted by atomic mass is 10.1. The molecule has 0 radical (unpaired) electrons. The van der Waals surface area contributed by atoms with Crippen molar-refractivity contribution in [1.29, 1.82) is 0 Å². The van der Waals surface area contributed by atoms with Gasteiger partial charge in [-0.1, -0.05) is 30.3 Å². The zero-order valence-corrected chi connectivity index (χ0v) is 19.3. The summed E-state index contributed by atoms with van der Waals surface area (Å²) in [5, 5.41) is 2.88. The van der Waals surface area contributed by atoms with E-state index < -0.39 is 10.0 Å². The summed E-state index contributed by atoms with van der Waals surface area (Å²) in [7, 11) is -3.68. The third-order valence-electron chi connectivity index (χ3n) is 5.80. The standard InChI is InChI=1S/C26H24N4O3S/c31-26(20-11-15-22(16-12-20)29-34(32,33)23-6-2-1-3-7-23)27-21-13-9-19(10-14-21)24-18-30-17-5-4-8-25(30)28-24/h1-3,6-7,9-16,18,29H,4-5,8,17H2,(H,27,31). The van der Waals surface area contributed by atoms with Crippen LogP contribution in [-0.2, 0) is 23.0 Å². The summed E-state index contributed by atoms with van der Waals surface area (Å²) < 4.78 is 29.6. The molecular weight excluding hydrogens is 448 g/mol. The first kappa shape index (κ1) is 21.9. The Morgan fingerprint density at radius 1 is 0.853 bits per heavy atom. The predicted molar refractivity (Wildman–Crippen MR) is 132 cm³/mol. The summed E-state index contributed by atoms with van der Waals surface area (Å²) in [6, 6.07) is 22.0.